The molecule has 2 aromatic carbocycles. The Morgan fingerprint density at radius 2 is 1.68 bits per heavy atom. The van der Waals surface area contributed by atoms with Gasteiger partial charge in [0.25, 0.3) is 0 Å². The third-order valence-electron chi connectivity index (χ3n) is 2.94. The average Bonchev–Trinajstić information content (AvgIpc) is 2.49. The summed E-state index contributed by atoms with van der Waals surface area (Å²) in [6.45, 7) is 1.64. The van der Waals surface area contributed by atoms with Crippen molar-refractivity contribution in [3.05, 3.63) is 60.2 Å². The zero-order valence-corrected chi connectivity index (χ0v) is 13.0. The number of rotatable bonds is 6. The molecule has 0 aliphatic heterocycles. The molecular weight excluding hydrogens is 302 g/mol. The molecule has 0 atom stereocenters. The SMILES string of the molecule is CC(=O)Oc1ccc(CCNS(=O)(=O)c2ccccc2)cc1. The van der Waals surface area contributed by atoms with Crippen LogP contribution in [0.2, 0.25) is 0 Å². The van der Waals surface area contributed by atoms with Crippen molar-refractivity contribution in [2.24, 2.45) is 0 Å². The monoisotopic (exact) mass is 319 g/mol. The number of carbonyl (C=O) groups is 1. The lowest BCUT2D eigenvalue weighted by Crippen LogP contribution is -2.25. The van der Waals surface area contributed by atoms with E-state index < -0.39 is 10.0 Å². The molecule has 0 aliphatic carbocycles. The maximum absolute atomic E-state index is 12.0. The van der Waals surface area contributed by atoms with Gasteiger partial charge in [0.2, 0.25) is 10.0 Å². The normalized spacial score (nSPS) is 11.1. The van der Waals surface area contributed by atoms with E-state index >= 15 is 0 Å². The van der Waals surface area contributed by atoms with Gasteiger partial charge in [0.15, 0.2) is 0 Å². The molecule has 6 heteroatoms. The van der Waals surface area contributed by atoms with E-state index in [1.165, 1.54) is 6.92 Å². The summed E-state index contributed by atoms with van der Waals surface area (Å²) >= 11 is 0. The number of hydrogen-bond acceptors (Lipinski definition) is 4. The van der Waals surface area contributed by atoms with Gasteiger partial charge in [0, 0.05) is 13.5 Å². The lowest BCUT2D eigenvalue weighted by Gasteiger charge is -2.07. The molecule has 0 spiro atoms. The van der Waals surface area contributed by atoms with E-state index in [0.29, 0.717) is 18.7 Å². The third-order valence-corrected chi connectivity index (χ3v) is 4.42. The first-order valence-electron chi connectivity index (χ1n) is 6.79. The van der Waals surface area contributed by atoms with Crippen LogP contribution in [0.25, 0.3) is 0 Å². The average molecular weight is 319 g/mol. The second-order valence-corrected chi connectivity index (χ2v) is 6.47. The molecule has 0 heterocycles. The van der Waals surface area contributed by atoms with Crippen LogP contribution in [0.3, 0.4) is 0 Å². The summed E-state index contributed by atoms with van der Waals surface area (Å²) in [7, 11) is -3.47. The molecule has 0 amide bonds. The van der Waals surface area contributed by atoms with Crippen molar-refractivity contribution >= 4 is 16.0 Å². The van der Waals surface area contributed by atoms with Crippen LogP contribution in [0.1, 0.15) is 12.5 Å². The van der Waals surface area contributed by atoms with Crippen LogP contribution in [-0.4, -0.2) is 20.9 Å². The quantitative estimate of drug-likeness (QED) is 0.654. The van der Waals surface area contributed by atoms with Crippen molar-refractivity contribution in [1.82, 2.24) is 4.72 Å². The van der Waals surface area contributed by atoms with Crippen molar-refractivity contribution in [2.75, 3.05) is 6.54 Å². The first-order chi connectivity index (χ1) is 10.5. The number of carbonyl (C=O) groups excluding carboxylic acids is 1. The second kappa shape index (κ2) is 7.20. The molecule has 0 unspecified atom stereocenters. The van der Waals surface area contributed by atoms with Gasteiger partial charge in [0.05, 0.1) is 4.90 Å². The molecule has 0 aromatic heterocycles. The molecule has 0 radical (unpaired) electrons. The van der Waals surface area contributed by atoms with Crippen molar-refractivity contribution in [3.63, 3.8) is 0 Å². The molecular formula is C16H17NO4S. The van der Waals surface area contributed by atoms with Crippen LogP contribution in [0.4, 0.5) is 0 Å². The lowest BCUT2D eigenvalue weighted by atomic mass is 10.1. The highest BCUT2D eigenvalue weighted by Gasteiger charge is 2.12. The number of nitrogens with one attached hydrogen (secondary N) is 1. The zero-order chi connectivity index (χ0) is 16.0. The molecule has 0 fully saturated rings. The number of hydrogen-bond donors (Lipinski definition) is 1. The predicted molar refractivity (Wildman–Crippen MR) is 83.1 cm³/mol. The van der Waals surface area contributed by atoms with E-state index in [2.05, 4.69) is 4.72 Å². The summed E-state index contributed by atoms with van der Waals surface area (Å²) < 4.78 is 31.6. The van der Waals surface area contributed by atoms with Gasteiger partial charge in [0.1, 0.15) is 5.75 Å². The standard InChI is InChI=1S/C16H17NO4S/c1-13(18)21-15-9-7-14(8-10-15)11-12-17-22(19,20)16-5-3-2-4-6-16/h2-10,17H,11-12H2,1H3. The minimum atomic E-state index is -3.47. The molecule has 116 valence electrons. The molecule has 22 heavy (non-hydrogen) atoms. The van der Waals surface area contributed by atoms with Gasteiger partial charge in [-0.25, -0.2) is 13.1 Å². The molecule has 0 saturated heterocycles. The van der Waals surface area contributed by atoms with E-state index in [1.807, 2.05) is 0 Å². The molecule has 2 aromatic rings. The number of esters is 1. The minimum absolute atomic E-state index is 0.250. The van der Waals surface area contributed by atoms with Crippen molar-refractivity contribution in [3.8, 4) is 5.75 Å². The van der Waals surface area contributed by atoms with Gasteiger partial charge in [-0.3, -0.25) is 4.79 Å². The largest absolute Gasteiger partial charge is 0.427 e. The predicted octanol–water partition coefficient (Wildman–Crippen LogP) is 2.13. The van der Waals surface area contributed by atoms with E-state index in [1.54, 1.807) is 54.6 Å². The van der Waals surface area contributed by atoms with Gasteiger partial charge in [-0.2, -0.15) is 0 Å². The highest BCUT2D eigenvalue weighted by Crippen LogP contribution is 2.13. The Balaban J connectivity index is 1.90. The van der Waals surface area contributed by atoms with Crippen molar-refractivity contribution in [2.45, 2.75) is 18.2 Å². The highest BCUT2D eigenvalue weighted by molar-refractivity contribution is 7.89. The van der Waals surface area contributed by atoms with Gasteiger partial charge < -0.3 is 4.74 Å². The first-order valence-corrected chi connectivity index (χ1v) is 8.28. The smallest absolute Gasteiger partial charge is 0.308 e. The fourth-order valence-corrected chi connectivity index (χ4v) is 2.96. The van der Waals surface area contributed by atoms with Gasteiger partial charge in [-0.05, 0) is 36.2 Å². The summed E-state index contributed by atoms with van der Waals surface area (Å²) in [5, 5.41) is 0. The van der Waals surface area contributed by atoms with E-state index in [9.17, 15) is 13.2 Å². The topological polar surface area (TPSA) is 72.5 Å². The van der Waals surface area contributed by atoms with E-state index in [-0.39, 0.29) is 10.9 Å². The van der Waals surface area contributed by atoms with Crippen LogP contribution in [-0.2, 0) is 21.2 Å². The lowest BCUT2D eigenvalue weighted by molar-refractivity contribution is -0.131. The minimum Gasteiger partial charge on any atom is -0.427 e. The zero-order valence-electron chi connectivity index (χ0n) is 12.2. The van der Waals surface area contributed by atoms with Crippen LogP contribution in [0.5, 0.6) is 5.75 Å². The Bertz CT molecular complexity index is 725. The third kappa shape index (κ3) is 4.68. The molecule has 5 nitrogen and oxygen atoms in total. The Morgan fingerprint density at radius 3 is 2.27 bits per heavy atom. The Kier molecular flexibility index (Phi) is 5.30. The van der Waals surface area contributed by atoms with Gasteiger partial charge >= 0.3 is 5.97 Å². The van der Waals surface area contributed by atoms with Crippen molar-refractivity contribution < 1.29 is 17.9 Å². The van der Waals surface area contributed by atoms with E-state index in [0.717, 1.165) is 5.56 Å². The molecule has 0 aliphatic rings. The summed E-state index contributed by atoms with van der Waals surface area (Å²) in [6.07, 6.45) is 0.548. The van der Waals surface area contributed by atoms with Gasteiger partial charge in [-0.1, -0.05) is 30.3 Å². The second-order valence-electron chi connectivity index (χ2n) is 4.70. The highest BCUT2D eigenvalue weighted by atomic mass is 32.2. The summed E-state index contributed by atoms with van der Waals surface area (Å²) in [5.41, 5.74) is 0.951. The van der Waals surface area contributed by atoms with Crippen LogP contribution in [0.15, 0.2) is 59.5 Å². The summed E-state index contributed by atoms with van der Waals surface area (Å²) in [6, 6.07) is 15.2. The maximum Gasteiger partial charge on any atom is 0.308 e. The summed E-state index contributed by atoms with van der Waals surface area (Å²) in [5.74, 6) is 0.101. The molecule has 1 N–H and O–H groups in total. The fraction of sp³-hybridized carbons (Fsp3) is 0.188. The Hall–Kier alpha value is -2.18. The van der Waals surface area contributed by atoms with E-state index in [4.69, 9.17) is 4.74 Å². The molecule has 0 saturated carbocycles. The fourth-order valence-electron chi connectivity index (χ4n) is 1.90. The molecule has 2 rings (SSSR count). The number of benzene rings is 2. The van der Waals surface area contributed by atoms with Crippen molar-refractivity contribution in [1.29, 1.82) is 0 Å². The van der Waals surface area contributed by atoms with Crippen LogP contribution in [0, 0.1) is 0 Å². The van der Waals surface area contributed by atoms with Crippen LogP contribution >= 0.6 is 0 Å². The summed E-state index contributed by atoms with van der Waals surface area (Å²) in [4.78, 5) is 11.1. The van der Waals surface area contributed by atoms with Crippen LogP contribution < -0.4 is 9.46 Å². The Morgan fingerprint density at radius 1 is 1.05 bits per heavy atom. The number of ether oxygens (including phenoxy) is 1. The first kappa shape index (κ1) is 16.2. The Labute approximate surface area is 130 Å². The maximum atomic E-state index is 12.0. The van der Waals surface area contributed by atoms with Gasteiger partial charge in [-0.15, -0.1) is 0 Å². The number of sulfonamides is 1. The molecule has 0 bridgehead atoms.